The van der Waals surface area contributed by atoms with Crippen LogP contribution in [-0.2, 0) is 26.2 Å². The fraction of sp³-hybridized carbons (Fsp3) is 0.222. The normalized spacial score (nSPS) is 10.9. The summed E-state index contributed by atoms with van der Waals surface area (Å²) in [7, 11) is -3.73. The Kier molecular flexibility index (Phi) is 6.51. The first-order valence-electron chi connectivity index (χ1n) is 8.02. The Morgan fingerprint density at radius 2 is 1.70 bits per heavy atom. The van der Waals surface area contributed by atoms with E-state index in [1.807, 2.05) is 0 Å². The quantitative estimate of drug-likeness (QED) is 0.751. The third-order valence-electron chi connectivity index (χ3n) is 3.60. The molecule has 9 heteroatoms. The van der Waals surface area contributed by atoms with Crippen molar-refractivity contribution in [2.45, 2.75) is 13.5 Å². The molecule has 2 amide bonds. The molecular weight excluding hydrogens is 373 g/mol. The first kappa shape index (κ1) is 20.4. The van der Waals surface area contributed by atoms with E-state index >= 15 is 0 Å². The van der Waals surface area contributed by atoms with Crippen molar-refractivity contribution in [3.63, 3.8) is 0 Å². The first-order valence-corrected chi connectivity index (χ1v) is 9.87. The van der Waals surface area contributed by atoms with E-state index in [9.17, 15) is 22.4 Å². The number of hydrogen-bond acceptors (Lipinski definition) is 4. The van der Waals surface area contributed by atoms with Crippen LogP contribution in [0.3, 0.4) is 0 Å². The molecule has 2 rings (SSSR count). The number of carbonyl (C=O) groups excluding carboxylic acids is 2. The highest BCUT2D eigenvalue weighted by Crippen LogP contribution is 2.20. The van der Waals surface area contributed by atoms with E-state index in [0.29, 0.717) is 11.3 Å². The van der Waals surface area contributed by atoms with Crippen molar-refractivity contribution in [1.29, 1.82) is 0 Å². The minimum Gasteiger partial charge on any atom is -0.350 e. The van der Waals surface area contributed by atoms with Gasteiger partial charge in [0.1, 0.15) is 12.4 Å². The Balaban J connectivity index is 2.09. The lowest BCUT2D eigenvalue weighted by atomic mass is 10.2. The molecule has 0 bridgehead atoms. The largest absolute Gasteiger partial charge is 0.350 e. The van der Waals surface area contributed by atoms with Gasteiger partial charge in [0.05, 0.1) is 11.9 Å². The summed E-state index contributed by atoms with van der Waals surface area (Å²) in [6.07, 6.45) is 0.985. The minimum atomic E-state index is -3.73. The second-order valence-electron chi connectivity index (χ2n) is 5.87. The van der Waals surface area contributed by atoms with E-state index in [1.54, 1.807) is 6.07 Å². The van der Waals surface area contributed by atoms with Gasteiger partial charge in [-0.05, 0) is 30.3 Å². The second-order valence-corrected chi connectivity index (χ2v) is 7.77. The predicted octanol–water partition coefficient (Wildman–Crippen LogP) is 1.87. The molecular formula is C18H20FN3O4S. The minimum absolute atomic E-state index is 0.0510. The van der Waals surface area contributed by atoms with Gasteiger partial charge in [0.25, 0.3) is 0 Å². The number of nitrogens with one attached hydrogen (secondary N) is 2. The van der Waals surface area contributed by atoms with E-state index in [2.05, 4.69) is 10.6 Å². The Hall–Kier alpha value is -2.94. The average Bonchev–Trinajstić information content (AvgIpc) is 2.58. The Morgan fingerprint density at radius 3 is 2.26 bits per heavy atom. The van der Waals surface area contributed by atoms with Gasteiger partial charge in [-0.25, -0.2) is 12.8 Å². The van der Waals surface area contributed by atoms with Crippen molar-refractivity contribution in [1.82, 2.24) is 5.32 Å². The zero-order valence-electron chi connectivity index (χ0n) is 14.9. The molecule has 0 aliphatic rings. The summed E-state index contributed by atoms with van der Waals surface area (Å²) in [6.45, 7) is 0.855. The number of amides is 2. The molecule has 0 heterocycles. The molecule has 0 saturated carbocycles. The second kappa shape index (κ2) is 8.63. The van der Waals surface area contributed by atoms with Crippen molar-refractivity contribution < 1.29 is 22.4 Å². The summed E-state index contributed by atoms with van der Waals surface area (Å²) in [6, 6.07) is 12.0. The number of rotatable bonds is 7. The SMILES string of the molecule is CC(=O)Nc1ccc(N(CC(=O)NCc2ccccc2F)S(C)(=O)=O)cc1. The maximum Gasteiger partial charge on any atom is 0.241 e. The standard InChI is InChI=1S/C18H20FN3O4S/c1-13(23)21-15-7-9-16(10-8-15)22(27(2,25)26)12-18(24)20-11-14-5-3-4-6-17(14)19/h3-10H,11-12H2,1-2H3,(H,20,24)(H,21,23). The number of benzene rings is 2. The molecule has 0 fully saturated rings. The first-order chi connectivity index (χ1) is 12.7. The molecule has 2 aromatic carbocycles. The smallest absolute Gasteiger partial charge is 0.241 e. The molecule has 0 spiro atoms. The van der Waals surface area contributed by atoms with E-state index in [-0.39, 0.29) is 18.1 Å². The van der Waals surface area contributed by atoms with E-state index in [1.165, 1.54) is 49.4 Å². The molecule has 0 aromatic heterocycles. The van der Waals surface area contributed by atoms with E-state index in [4.69, 9.17) is 0 Å². The van der Waals surface area contributed by atoms with Gasteiger partial charge in [0, 0.05) is 24.7 Å². The number of nitrogens with zero attached hydrogens (tertiary/aromatic N) is 1. The summed E-state index contributed by atoms with van der Waals surface area (Å²) >= 11 is 0. The number of carbonyl (C=O) groups is 2. The van der Waals surface area contributed by atoms with Gasteiger partial charge in [-0.1, -0.05) is 18.2 Å². The summed E-state index contributed by atoms with van der Waals surface area (Å²) in [5.74, 6) is -1.28. The van der Waals surface area contributed by atoms with Crippen LogP contribution in [0.5, 0.6) is 0 Å². The van der Waals surface area contributed by atoms with Crippen LogP contribution < -0.4 is 14.9 Å². The summed E-state index contributed by atoms with van der Waals surface area (Å²) < 4.78 is 38.7. The molecule has 0 atom stereocenters. The molecule has 2 aromatic rings. The molecule has 27 heavy (non-hydrogen) atoms. The number of halogens is 1. The third kappa shape index (κ3) is 6.07. The molecule has 0 unspecified atom stereocenters. The van der Waals surface area contributed by atoms with Crippen LogP contribution in [0.4, 0.5) is 15.8 Å². The Labute approximate surface area is 157 Å². The van der Waals surface area contributed by atoms with Gasteiger partial charge in [-0.3, -0.25) is 13.9 Å². The van der Waals surface area contributed by atoms with Crippen LogP contribution in [0.1, 0.15) is 12.5 Å². The van der Waals surface area contributed by atoms with Gasteiger partial charge < -0.3 is 10.6 Å². The Bertz CT molecular complexity index is 930. The average molecular weight is 393 g/mol. The van der Waals surface area contributed by atoms with Crippen LogP contribution in [-0.4, -0.2) is 33.0 Å². The number of hydrogen-bond donors (Lipinski definition) is 2. The predicted molar refractivity (Wildman–Crippen MR) is 101 cm³/mol. The van der Waals surface area contributed by atoms with Crippen LogP contribution >= 0.6 is 0 Å². The zero-order chi connectivity index (χ0) is 20.0. The van der Waals surface area contributed by atoms with Gasteiger partial charge in [-0.15, -0.1) is 0 Å². The summed E-state index contributed by atoms with van der Waals surface area (Å²) in [5, 5.41) is 5.08. The van der Waals surface area contributed by atoms with Crippen molar-refractivity contribution in [3.05, 3.63) is 59.9 Å². The van der Waals surface area contributed by atoms with Gasteiger partial charge in [0.15, 0.2) is 0 Å². The fourth-order valence-electron chi connectivity index (χ4n) is 2.34. The van der Waals surface area contributed by atoms with Crippen LogP contribution in [0.2, 0.25) is 0 Å². The van der Waals surface area contributed by atoms with Crippen molar-refractivity contribution in [2.75, 3.05) is 22.4 Å². The molecule has 2 N–H and O–H groups in total. The lowest BCUT2D eigenvalue weighted by molar-refractivity contribution is -0.119. The molecule has 0 radical (unpaired) electrons. The molecule has 0 aliphatic carbocycles. The van der Waals surface area contributed by atoms with E-state index in [0.717, 1.165) is 10.6 Å². The van der Waals surface area contributed by atoms with Crippen LogP contribution in [0.25, 0.3) is 0 Å². The number of anilines is 2. The fourth-order valence-corrected chi connectivity index (χ4v) is 3.19. The third-order valence-corrected chi connectivity index (χ3v) is 4.74. The summed E-state index contributed by atoms with van der Waals surface area (Å²) in [5.41, 5.74) is 1.08. The number of sulfonamides is 1. The maximum absolute atomic E-state index is 13.6. The highest BCUT2D eigenvalue weighted by molar-refractivity contribution is 7.92. The van der Waals surface area contributed by atoms with E-state index < -0.39 is 28.3 Å². The van der Waals surface area contributed by atoms with Crippen molar-refractivity contribution in [2.24, 2.45) is 0 Å². The van der Waals surface area contributed by atoms with Crippen molar-refractivity contribution >= 4 is 33.2 Å². The lowest BCUT2D eigenvalue weighted by Gasteiger charge is -2.22. The van der Waals surface area contributed by atoms with Crippen LogP contribution in [0, 0.1) is 5.82 Å². The molecule has 144 valence electrons. The van der Waals surface area contributed by atoms with Crippen LogP contribution in [0.15, 0.2) is 48.5 Å². The topological polar surface area (TPSA) is 95.6 Å². The molecule has 0 saturated heterocycles. The van der Waals surface area contributed by atoms with Gasteiger partial charge >= 0.3 is 0 Å². The molecule has 0 aliphatic heterocycles. The highest BCUT2D eigenvalue weighted by atomic mass is 32.2. The van der Waals surface area contributed by atoms with Gasteiger partial charge in [0.2, 0.25) is 21.8 Å². The summed E-state index contributed by atoms with van der Waals surface area (Å²) in [4.78, 5) is 23.2. The Morgan fingerprint density at radius 1 is 1.07 bits per heavy atom. The monoisotopic (exact) mass is 393 g/mol. The zero-order valence-corrected chi connectivity index (χ0v) is 15.7. The van der Waals surface area contributed by atoms with Gasteiger partial charge in [-0.2, -0.15) is 0 Å². The molecule has 7 nitrogen and oxygen atoms in total. The van der Waals surface area contributed by atoms with Crippen molar-refractivity contribution in [3.8, 4) is 0 Å². The maximum atomic E-state index is 13.6. The highest BCUT2D eigenvalue weighted by Gasteiger charge is 2.21. The lowest BCUT2D eigenvalue weighted by Crippen LogP contribution is -2.40.